The second-order valence-electron chi connectivity index (χ2n) is 6.92. The number of benzene rings is 2. The molecule has 1 aliphatic rings. The number of methoxy groups -OCH3 is 3. The number of thioether (sulfide) groups is 1. The molecule has 0 radical (unpaired) electrons. The van der Waals surface area contributed by atoms with E-state index in [1.54, 1.807) is 44.2 Å². The predicted molar refractivity (Wildman–Crippen MR) is 117 cm³/mol. The van der Waals surface area contributed by atoms with Crippen LogP contribution in [0.1, 0.15) is 22.1 Å². The first-order valence-corrected chi connectivity index (χ1v) is 10.6. The fourth-order valence-electron chi connectivity index (χ4n) is 3.66. The van der Waals surface area contributed by atoms with E-state index in [0.29, 0.717) is 28.8 Å². The largest absolute Gasteiger partial charge is 0.496 e. The van der Waals surface area contributed by atoms with Gasteiger partial charge in [-0.2, -0.15) is 5.10 Å². The molecule has 3 aromatic rings. The van der Waals surface area contributed by atoms with E-state index in [1.165, 1.54) is 23.9 Å². The van der Waals surface area contributed by atoms with Crippen LogP contribution in [0.15, 0.2) is 36.4 Å². The van der Waals surface area contributed by atoms with Crippen molar-refractivity contribution in [1.29, 1.82) is 0 Å². The van der Waals surface area contributed by atoms with E-state index < -0.39 is 0 Å². The normalized spacial score (nSPS) is 15.6. The monoisotopic (exact) mass is 443 g/mol. The summed E-state index contributed by atoms with van der Waals surface area (Å²) in [5.74, 6) is 2.05. The van der Waals surface area contributed by atoms with Gasteiger partial charge in [-0.15, -0.1) is 11.8 Å². The topological polar surface area (TPSA) is 74.6 Å². The van der Waals surface area contributed by atoms with Gasteiger partial charge in [0.1, 0.15) is 17.4 Å². The number of aromatic nitrogens is 2. The van der Waals surface area contributed by atoms with Crippen molar-refractivity contribution in [3.05, 3.63) is 59.0 Å². The third-order valence-electron chi connectivity index (χ3n) is 5.10. The van der Waals surface area contributed by atoms with Crippen LogP contribution < -0.4 is 19.5 Å². The lowest BCUT2D eigenvalue weighted by atomic mass is 10.0. The second kappa shape index (κ2) is 8.50. The molecule has 0 fully saturated rings. The van der Waals surface area contributed by atoms with Gasteiger partial charge in [0.2, 0.25) is 5.91 Å². The zero-order valence-electron chi connectivity index (χ0n) is 17.6. The van der Waals surface area contributed by atoms with Crippen LogP contribution in [0.2, 0.25) is 0 Å². The molecule has 1 aliphatic heterocycles. The Morgan fingerprint density at radius 2 is 1.71 bits per heavy atom. The van der Waals surface area contributed by atoms with Gasteiger partial charge < -0.3 is 19.5 Å². The van der Waals surface area contributed by atoms with Gasteiger partial charge in [-0.05, 0) is 37.3 Å². The molecule has 0 saturated heterocycles. The second-order valence-corrected chi connectivity index (χ2v) is 8.02. The number of nitrogens with one attached hydrogen (secondary N) is 1. The molecule has 2 heterocycles. The molecule has 162 valence electrons. The van der Waals surface area contributed by atoms with Crippen LogP contribution in [-0.4, -0.2) is 42.8 Å². The first-order valence-electron chi connectivity index (χ1n) is 9.53. The minimum atomic E-state index is -0.341. The molecule has 9 heteroatoms. The van der Waals surface area contributed by atoms with E-state index >= 15 is 0 Å². The number of rotatable bonds is 5. The number of anilines is 1. The van der Waals surface area contributed by atoms with E-state index in [9.17, 15) is 9.18 Å². The summed E-state index contributed by atoms with van der Waals surface area (Å²) in [6.07, 6.45) is 0. The molecule has 1 aromatic heterocycles. The Hall–Kier alpha value is -3.20. The summed E-state index contributed by atoms with van der Waals surface area (Å²) in [5.41, 5.74) is 3.09. The van der Waals surface area contributed by atoms with Crippen LogP contribution in [-0.2, 0) is 4.79 Å². The Kier molecular flexibility index (Phi) is 5.77. The number of halogens is 1. The molecule has 0 aliphatic carbocycles. The zero-order chi connectivity index (χ0) is 22.1. The van der Waals surface area contributed by atoms with Crippen molar-refractivity contribution in [2.45, 2.75) is 12.2 Å². The van der Waals surface area contributed by atoms with Crippen LogP contribution in [0.25, 0.3) is 5.69 Å². The molecule has 1 unspecified atom stereocenters. The van der Waals surface area contributed by atoms with Gasteiger partial charge in [0, 0.05) is 17.2 Å². The van der Waals surface area contributed by atoms with Crippen molar-refractivity contribution in [1.82, 2.24) is 9.78 Å². The van der Waals surface area contributed by atoms with Gasteiger partial charge in [-0.25, -0.2) is 9.07 Å². The van der Waals surface area contributed by atoms with E-state index in [-0.39, 0.29) is 22.7 Å². The third kappa shape index (κ3) is 3.81. The minimum Gasteiger partial charge on any atom is -0.496 e. The molecule has 0 bridgehead atoms. The molecule has 7 nitrogen and oxygen atoms in total. The van der Waals surface area contributed by atoms with Gasteiger partial charge >= 0.3 is 0 Å². The summed E-state index contributed by atoms with van der Waals surface area (Å²) in [6, 6.07) is 9.61. The lowest BCUT2D eigenvalue weighted by Crippen LogP contribution is -2.15. The molecular formula is C22H22FN3O4S. The van der Waals surface area contributed by atoms with Crippen molar-refractivity contribution in [3.8, 4) is 22.9 Å². The molecule has 0 saturated carbocycles. The number of carbonyl (C=O) groups is 1. The quantitative estimate of drug-likeness (QED) is 0.640. The Morgan fingerprint density at radius 1 is 1.06 bits per heavy atom. The number of aryl methyl sites for hydroxylation is 1. The highest BCUT2D eigenvalue weighted by Gasteiger charge is 2.33. The number of hydrogen-bond acceptors (Lipinski definition) is 6. The Bertz CT molecular complexity index is 1130. The first-order chi connectivity index (χ1) is 15.0. The average Bonchev–Trinajstić information content (AvgIpc) is 2.98. The zero-order valence-corrected chi connectivity index (χ0v) is 18.4. The molecule has 0 spiro atoms. The van der Waals surface area contributed by atoms with E-state index in [4.69, 9.17) is 14.2 Å². The van der Waals surface area contributed by atoms with Gasteiger partial charge in [0.05, 0.1) is 43.7 Å². The minimum absolute atomic E-state index is 0.142. The van der Waals surface area contributed by atoms with Crippen LogP contribution in [0, 0.1) is 12.7 Å². The summed E-state index contributed by atoms with van der Waals surface area (Å²) in [4.78, 5) is 12.5. The van der Waals surface area contributed by atoms with Gasteiger partial charge in [0.15, 0.2) is 11.5 Å². The Labute approximate surface area is 183 Å². The highest BCUT2D eigenvalue weighted by atomic mass is 32.2. The van der Waals surface area contributed by atoms with Gasteiger partial charge in [-0.3, -0.25) is 4.79 Å². The molecule has 4 rings (SSSR count). The van der Waals surface area contributed by atoms with E-state index in [0.717, 1.165) is 16.8 Å². The van der Waals surface area contributed by atoms with Crippen molar-refractivity contribution >= 4 is 23.5 Å². The standard InChI is InChI=1S/C22H22FN3O4S/c1-12-20-21(15-9-17(29-3)18(30-4)10-16(15)28-2)31-11-19(27)24-22(20)26(25-12)14-7-5-13(23)6-8-14/h5-10,21H,11H2,1-4H3,(H,24,27). The fraction of sp³-hybridized carbons (Fsp3) is 0.273. The number of fused-ring (bicyclic) bond motifs is 1. The summed E-state index contributed by atoms with van der Waals surface area (Å²) in [5, 5.41) is 7.36. The highest BCUT2D eigenvalue weighted by molar-refractivity contribution is 8.00. The molecule has 2 aromatic carbocycles. The molecule has 31 heavy (non-hydrogen) atoms. The van der Waals surface area contributed by atoms with Crippen molar-refractivity contribution < 1.29 is 23.4 Å². The maximum Gasteiger partial charge on any atom is 0.235 e. The summed E-state index contributed by atoms with van der Waals surface area (Å²) in [6.45, 7) is 1.89. The predicted octanol–water partition coefficient (Wildman–Crippen LogP) is 4.12. The smallest absolute Gasteiger partial charge is 0.235 e. The van der Waals surface area contributed by atoms with Crippen LogP contribution in [0.3, 0.4) is 0 Å². The Balaban J connectivity index is 1.91. The summed E-state index contributed by atoms with van der Waals surface area (Å²) in [7, 11) is 4.73. The summed E-state index contributed by atoms with van der Waals surface area (Å²) < 4.78 is 31.6. The van der Waals surface area contributed by atoms with Crippen molar-refractivity contribution in [2.75, 3.05) is 32.4 Å². The van der Waals surface area contributed by atoms with Crippen LogP contribution >= 0.6 is 11.8 Å². The van der Waals surface area contributed by atoms with Crippen molar-refractivity contribution in [3.63, 3.8) is 0 Å². The maximum atomic E-state index is 13.4. The maximum absolute atomic E-state index is 13.4. The number of carbonyl (C=O) groups excluding carboxylic acids is 1. The molecular weight excluding hydrogens is 421 g/mol. The average molecular weight is 444 g/mol. The summed E-state index contributed by atoms with van der Waals surface area (Å²) >= 11 is 1.47. The van der Waals surface area contributed by atoms with Gasteiger partial charge in [-0.1, -0.05) is 0 Å². The number of nitrogens with zero attached hydrogens (tertiary/aromatic N) is 2. The van der Waals surface area contributed by atoms with Gasteiger partial charge in [0.25, 0.3) is 0 Å². The van der Waals surface area contributed by atoms with Crippen LogP contribution in [0.5, 0.6) is 17.2 Å². The van der Waals surface area contributed by atoms with Crippen molar-refractivity contribution in [2.24, 2.45) is 0 Å². The first kappa shape index (κ1) is 21.0. The fourth-order valence-corrected chi connectivity index (χ4v) is 4.86. The highest BCUT2D eigenvalue weighted by Crippen LogP contribution is 2.49. The third-order valence-corrected chi connectivity index (χ3v) is 6.35. The lowest BCUT2D eigenvalue weighted by Gasteiger charge is -2.20. The Morgan fingerprint density at radius 3 is 2.35 bits per heavy atom. The molecule has 1 N–H and O–H groups in total. The number of ether oxygens (including phenoxy) is 3. The van der Waals surface area contributed by atoms with E-state index in [1.807, 2.05) is 13.0 Å². The lowest BCUT2D eigenvalue weighted by molar-refractivity contribution is -0.113. The number of hydrogen-bond donors (Lipinski definition) is 1. The van der Waals surface area contributed by atoms with Crippen LogP contribution in [0.4, 0.5) is 10.2 Å². The number of amides is 1. The SMILES string of the molecule is COc1cc(OC)c(C2SCC(=O)Nc3c2c(C)nn3-c2ccc(F)cc2)cc1OC. The molecule has 1 amide bonds. The van der Waals surface area contributed by atoms with E-state index in [2.05, 4.69) is 10.4 Å². The molecule has 1 atom stereocenters.